The van der Waals surface area contributed by atoms with E-state index in [1.165, 1.54) is 12.1 Å². The number of sulfone groups is 1. The summed E-state index contributed by atoms with van der Waals surface area (Å²) in [6.07, 6.45) is 1.15. The average Bonchev–Trinajstić information content (AvgIpc) is 2.91. The van der Waals surface area contributed by atoms with Gasteiger partial charge in [-0.15, -0.1) is 0 Å². The molecule has 0 saturated carbocycles. The Hall–Kier alpha value is -1.86. The minimum absolute atomic E-state index is 0.229. The molecule has 1 heterocycles. The van der Waals surface area contributed by atoms with E-state index in [-0.39, 0.29) is 10.9 Å². The van der Waals surface area contributed by atoms with E-state index in [0.717, 1.165) is 11.8 Å². The van der Waals surface area contributed by atoms with E-state index in [0.29, 0.717) is 12.2 Å². The van der Waals surface area contributed by atoms with Crippen molar-refractivity contribution in [1.82, 2.24) is 4.90 Å². The van der Waals surface area contributed by atoms with Gasteiger partial charge >= 0.3 is 6.03 Å². The van der Waals surface area contributed by atoms with Crippen LogP contribution in [0.3, 0.4) is 0 Å². The highest BCUT2D eigenvalue weighted by molar-refractivity contribution is 7.90. The summed E-state index contributed by atoms with van der Waals surface area (Å²) in [7, 11) is -1.51. The Labute approximate surface area is 128 Å². The van der Waals surface area contributed by atoms with Crippen LogP contribution in [0, 0.1) is 0 Å². The monoisotopic (exact) mass is 324 g/mol. The zero-order valence-electron chi connectivity index (χ0n) is 11.7. The molecule has 21 heavy (non-hydrogen) atoms. The van der Waals surface area contributed by atoms with E-state index in [1.807, 2.05) is 16.8 Å². The number of hydrogen-bond donors (Lipinski definition) is 1. The minimum Gasteiger partial charge on any atom is -0.323 e. The molecule has 0 aliphatic heterocycles. The van der Waals surface area contributed by atoms with Crippen LogP contribution in [0.5, 0.6) is 0 Å². The van der Waals surface area contributed by atoms with Gasteiger partial charge in [0.2, 0.25) is 0 Å². The third-order valence-corrected chi connectivity index (χ3v) is 4.74. The number of amides is 2. The van der Waals surface area contributed by atoms with E-state index < -0.39 is 9.84 Å². The summed E-state index contributed by atoms with van der Waals surface area (Å²) in [6, 6.07) is 7.83. The van der Waals surface area contributed by atoms with Gasteiger partial charge in [0.05, 0.1) is 4.90 Å². The van der Waals surface area contributed by atoms with Crippen molar-refractivity contribution >= 4 is 32.9 Å². The molecule has 1 aromatic carbocycles. The second kappa shape index (κ2) is 6.28. The molecule has 0 unspecified atom stereocenters. The van der Waals surface area contributed by atoms with Crippen molar-refractivity contribution < 1.29 is 13.2 Å². The summed E-state index contributed by atoms with van der Waals surface area (Å²) in [4.78, 5) is 13.8. The van der Waals surface area contributed by atoms with Crippen LogP contribution < -0.4 is 5.32 Å². The standard InChI is InChI=1S/C14H16N2O3S2/c1-16(9-11-7-8-20-10-11)14(17)15-12-3-5-13(6-4-12)21(2,18)19/h3-8,10H,9H2,1-2H3,(H,15,17). The number of carbonyl (C=O) groups is 1. The summed E-state index contributed by atoms with van der Waals surface area (Å²) in [6.45, 7) is 0.525. The molecule has 2 amide bonds. The van der Waals surface area contributed by atoms with Crippen LogP contribution in [0.2, 0.25) is 0 Å². The molecular weight excluding hydrogens is 308 g/mol. The van der Waals surface area contributed by atoms with Crippen LogP contribution in [0.15, 0.2) is 46.0 Å². The summed E-state index contributed by atoms with van der Waals surface area (Å²) < 4.78 is 22.7. The second-order valence-corrected chi connectivity index (χ2v) is 7.51. The number of anilines is 1. The Morgan fingerprint density at radius 1 is 1.24 bits per heavy atom. The lowest BCUT2D eigenvalue weighted by molar-refractivity contribution is 0.221. The van der Waals surface area contributed by atoms with Crippen molar-refractivity contribution in [1.29, 1.82) is 0 Å². The fourth-order valence-corrected chi connectivity index (χ4v) is 3.02. The van der Waals surface area contributed by atoms with Gasteiger partial charge in [-0.05, 0) is 46.7 Å². The maximum Gasteiger partial charge on any atom is 0.321 e. The highest BCUT2D eigenvalue weighted by Gasteiger charge is 2.11. The predicted octanol–water partition coefficient (Wildman–Crippen LogP) is 2.82. The number of nitrogens with one attached hydrogen (secondary N) is 1. The third-order valence-electron chi connectivity index (χ3n) is 2.88. The zero-order chi connectivity index (χ0) is 15.5. The van der Waals surface area contributed by atoms with Crippen molar-refractivity contribution in [2.75, 3.05) is 18.6 Å². The molecule has 0 saturated heterocycles. The molecule has 2 aromatic rings. The van der Waals surface area contributed by atoms with Crippen molar-refractivity contribution in [3.63, 3.8) is 0 Å². The first-order valence-corrected chi connectivity index (χ1v) is 9.03. The molecular formula is C14H16N2O3S2. The number of carbonyl (C=O) groups excluding carboxylic acids is 1. The smallest absolute Gasteiger partial charge is 0.321 e. The molecule has 2 rings (SSSR count). The Balaban J connectivity index is 1.99. The molecule has 0 bridgehead atoms. The van der Waals surface area contributed by atoms with Crippen LogP contribution in [-0.4, -0.2) is 32.7 Å². The molecule has 0 fully saturated rings. The van der Waals surface area contributed by atoms with Crippen LogP contribution in [-0.2, 0) is 16.4 Å². The first-order chi connectivity index (χ1) is 9.86. The van der Waals surface area contributed by atoms with E-state index in [1.54, 1.807) is 35.4 Å². The molecule has 7 heteroatoms. The molecule has 0 atom stereocenters. The summed E-state index contributed by atoms with van der Waals surface area (Å²) >= 11 is 1.59. The number of benzene rings is 1. The van der Waals surface area contributed by atoms with Gasteiger partial charge in [-0.25, -0.2) is 13.2 Å². The topological polar surface area (TPSA) is 66.5 Å². The second-order valence-electron chi connectivity index (χ2n) is 4.71. The lowest BCUT2D eigenvalue weighted by atomic mass is 10.3. The van der Waals surface area contributed by atoms with E-state index >= 15 is 0 Å². The number of nitrogens with zero attached hydrogens (tertiary/aromatic N) is 1. The van der Waals surface area contributed by atoms with E-state index in [2.05, 4.69) is 5.32 Å². The van der Waals surface area contributed by atoms with Crippen molar-refractivity contribution in [2.24, 2.45) is 0 Å². The molecule has 0 spiro atoms. The fraction of sp³-hybridized carbons (Fsp3) is 0.214. The SMILES string of the molecule is CN(Cc1ccsc1)C(=O)Nc1ccc(S(C)(=O)=O)cc1. The van der Waals surface area contributed by atoms with Gasteiger partial charge in [-0.2, -0.15) is 11.3 Å². The number of urea groups is 1. The molecule has 1 N–H and O–H groups in total. The molecule has 0 radical (unpaired) electrons. The zero-order valence-corrected chi connectivity index (χ0v) is 13.4. The molecule has 5 nitrogen and oxygen atoms in total. The molecule has 1 aromatic heterocycles. The van der Waals surface area contributed by atoms with Gasteiger partial charge in [-0.3, -0.25) is 0 Å². The highest BCUT2D eigenvalue weighted by atomic mass is 32.2. The van der Waals surface area contributed by atoms with Gasteiger partial charge in [0, 0.05) is 25.5 Å². The summed E-state index contributed by atoms with van der Waals surface area (Å²) in [5.41, 5.74) is 1.63. The van der Waals surface area contributed by atoms with Gasteiger partial charge in [0.1, 0.15) is 0 Å². The summed E-state index contributed by atoms with van der Waals surface area (Å²) in [5.74, 6) is 0. The van der Waals surface area contributed by atoms with Crippen LogP contribution in [0.25, 0.3) is 0 Å². The molecule has 112 valence electrons. The lowest BCUT2D eigenvalue weighted by Gasteiger charge is -2.17. The Morgan fingerprint density at radius 2 is 1.90 bits per heavy atom. The molecule has 0 aliphatic rings. The predicted molar refractivity (Wildman–Crippen MR) is 84.4 cm³/mol. The first kappa shape index (κ1) is 15.5. The van der Waals surface area contributed by atoms with E-state index in [9.17, 15) is 13.2 Å². The average molecular weight is 324 g/mol. The van der Waals surface area contributed by atoms with Crippen LogP contribution in [0.1, 0.15) is 5.56 Å². The Kier molecular flexibility index (Phi) is 4.64. The van der Waals surface area contributed by atoms with Crippen molar-refractivity contribution in [3.8, 4) is 0 Å². The highest BCUT2D eigenvalue weighted by Crippen LogP contribution is 2.15. The Bertz CT molecular complexity index is 707. The van der Waals surface area contributed by atoms with Gasteiger partial charge in [-0.1, -0.05) is 0 Å². The van der Waals surface area contributed by atoms with Gasteiger partial charge in [0.25, 0.3) is 0 Å². The van der Waals surface area contributed by atoms with Gasteiger partial charge < -0.3 is 10.2 Å². The normalized spacial score (nSPS) is 11.1. The fourth-order valence-electron chi connectivity index (χ4n) is 1.73. The molecule has 0 aliphatic carbocycles. The van der Waals surface area contributed by atoms with Crippen LogP contribution in [0.4, 0.5) is 10.5 Å². The number of hydrogen-bond acceptors (Lipinski definition) is 4. The first-order valence-electron chi connectivity index (χ1n) is 6.19. The van der Waals surface area contributed by atoms with Crippen LogP contribution >= 0.6 is 11.3 Å². The lowest BCUT2D eigenvalue weighted by Crippen LogP contribution is -2.30. The quantitative estimate of drug-likeness (QED) is 0.940. The maximum absolute atomic E-state index is 12.0. The summed E-state index contributed by atoms with van der Waals surface area (Å²) in [5, 5.41) is 6.68. The largest absolute Gasteiger partial charge is 0.323 e. The maximum atomic E-state index is 12.0. The Morgan fingerprint density at radius 3 is 2.43 bits per heavy atom. The third kappa shape index (κ3) is 4.30. The number of thiophene rings is 1. The number of rotatable bonds is 4. The van der Waals surface area contributed by atoms with Crippen molar-refractivity contribution in [3.05, 3.63) is 46.7 Å². The van der Waals surface area contributed by atoms with Crippen molar-refractivity contribution in [2.45, 2.75) is 11.4 Å². The van der Waals surface area contributed by atoms with Gasteiger partial charge in [0.15, 0.2) is 9.84 Å². The van der Waals surface area contributed by atoms with E-state index in [4.69, 9.17) is 0 Å². The minimum atomic E-state index is -3.22.